The lowest BCUT2D eigenvalue weighted by atomic mass is 10.2. The highest BCUT2D eigenvalue weighted by Gasteiger charge is 2.08. The Kier molecular flexibility index (Phi) is 4.41. The molecule has 0 aliphatic rings. The lowest BCUT2D eigenvalue weighted by molar-refractivity contribution is 0.102. The molecule has 1 heterocycles. The first-order valence-electron chi connectivity index (χ1n) is 5.82. The average molecular weight is 337 g/mol. The molecule has 1 aromatic heterocycles. The predicted molar refractivity (Wildman–Crippen MR) is 81.0 cm³/mol. The molecule has 6 nitrogen and oxygen atoms in total. The molecule has 0 saturated carbocycles. The zero-order chi connectivity index (χ0) is 14.5. The van der Waals surface area contributed by atoms with Gasteiger partial charge in [0.15, 0.2) is 0 Å². The number of nitrogens with one attached hydrogen (secondary N) is 4. The normalized spacial score (nSPS) is 9.90. The van der Waals surface area contributed by atoms with Gasteiger partial charge in [0.25, 0.3) is 5.91 Å². The summed E-state index contributed by atoms with van der Waals surface area (Å²) in [5.74, 6) is -0.234. The highest BCUT2D eigenvalue weighted by molar-refractivity contribution is 9.10. The van der Waals surface area contributed by atoms with E-state index >= 15 is 0 Å². The zero-order valence-electron chi connectivity index (χ0n) is 10.7. The smallest absolute Gasteiger partial charge is 0.318 e. The van der Waals surface area contributed by atoms with Crippen LogP contribution in [0.1, 0.15) is 10.5 Å². The molecule has 0 bridgehead atoms. The van der Waals surface area contributed by atoms with Gasteiger partial charge in [0, 0.05) is 29.1 Å². The minimum absolute atomic E-state index is 0.234. The Labute approximate surface area is 124 Å². The van der Waals surface area contributed by atoms with Crippen molar-refractivity contribution in [2.75, 3.05) is 17.7 Å². The molecule has 1 aromatic carbocycles. The molecular formula is C13H13BrN4O2. The predicted octanol–water partition coefficient (Wildman–Crippen LogP) is 2.78. The second-order valence-electron chi connectivity index (χ2n) is 3.97. The zero-order valence-corrected chi connectivity index (χ0v) is 12.2. The molecule has 7 heteroatoms. The molecular weight excluding hydrogens is 324 g/mol. The Bertz CT molecular complexity index is 622. The highest BCUT2D eigenvalue weighted by Crippen LogP contribution is 2.16. The SMILES string of the molecule is CNC(=O)Nc1ccc(NC(=O)c2cc(Br)c[nH]2)cc1. The number of anilines is 2. The first kappa shape index (κ1) is 14.1. The van der Waals surface area contributed by atoms with Crippen LogP contribution in [-0.2, 0) is 0 Å². The molecule has 0 fully saturated rings. The Morgan fingerprint density at radius 3 is 2.20 bits per heavy atom. The van der Waals surface area contributed by atoms with Crippen LogP contribution in [0.25, 0.3) is 0 Å². The van der Waals surface area contributed by atoms with Gasteiger partial charge in [-0.2, -0.15) is 0 Å². The summed E-state index contributed by atoms with van der Waals surface area (Å²) in [6, 6.07) is 8.22. The van der Waals surface area contributed by atoms with E-state index in [1.165, 1.54) is 0 Å². The average Bonchev–Trinajstić information content (AvgIpc) is 2.87. The van der Waals surface area contributed by atoms with Gasteiger partial charge in [0.05, 0.1) is 0 Å². The molecule has 0 aliphatic carbocycles. The van der Waals surface area contributed by atoms with Crippen molar-refractivity contribution in [1.82, 2.24) is 10.3 Å². The summed E-state index contributed by atoms with van der Waals surface area (Å²) in [6.07, 6.45) is 1.69. The lowest BCUT2D eigenvalue weighted by Gasteiger charge is -2.07. The third-order valence-corrected chi connectivity index (χ3v) is 2.98. The molecule has 0 unspecified atom stereocenters. The Hall–Kier alpha value is -2.28. The van der Waals surface area contributed by atoms with E-state index in [1.807, 2.05) is 0 Å². The van der Waals surface area contributed by atoms with Crippen molar-refractivity contribution in [2.45, 2.75) is 0 Å². The molecule has 4 N–H and O–H groups in total. The topological polar surface area (TPSA) is 86.0 Å². The maximum absolute atomic E-state index is 11.9. The third kappa shape index (κ3) is 3.61. The number of carbonyl (C=O) groups excluding carboxylic acids is 2. The summed E-state index contributed by atoms with van der Waals surface area (Å²) in [7, 11) is 1.54. The van der Waals surface area contributed by atoms with Crippen LogP contribution in [0.4, 0.5) is 16.2 Å². The number of benzene rings is 1. The summed E-state index contributed by atoms with van der Waals surface area (Å²) >= 11 is 3.27. The van der Waals surface area contributed by atoms with Crippen molar-refractivity contribution in [3.05, 3.63) is 46.7 Å². The summed E-state index contributed by atoms with van der Waals surface area (Å²) in [5, 5.41) is 7.83. The number of rotatable bonds is 3. The summed E-state index contributed by atoms with van der Waals surface area (Å²) in [5.41, 5.74) is 1.75. The molecule has 0 saturated heterocycles. The lowest BCUT2D eigenvalue weighted by Crippen LogP contribution is -2.24. The van der Waals surface area contributed by atoms with Crippen molar-refractivity contribution in [3.8, 4) is 0 Å². The number of amides is 3. The number of urea groups is 1. The molecule has 2 rings (SSSR count). The van der Waals surface area contributed by atoms with Crippen molar-refractivity contribution >= 4 is 39.2 Å². The molecule has 0 radical (unpaired) electrons. The number of aromatic amines is 1. The number of hydrogen-bond acceptors (Lipinski definition) is 2. The molecule has 104 valence electrons. The van der Waals surface area contributed by atoms with E-state index in [0.29, 0.717) is 17.1 Å². The van der Waals surface area contributed by atoms with Crippen LogP contribution < -0.4 is 16.0 Å². The van der Waals surface area contributed by atoms with Gasteiger partial charge in [0.1, 0.15) is 5.69 Å². The number of H-pyrrole nitrogens is 1. The number of carbonyl (C=O) groups is 2. The van der Waals surface area contributed by atoms with Crippen molar-refractivity contribution in [3.63, 3.8) is 0 Å². The van der Waals surface area contributed by atoms with Gasteiger partial charge in [-0.3, -0.25) is 4.79 Å². The highest BCUT2D eigenvalue weighted by atomic mass is 79.9. The molecule has 20 heavy (non-hydrogen) atoms. The summed E-state index contributed by atoms with van der Waals surface area (Å²) in [4.78, 5) is 25.9. The van der Waals surface area contributed by atoms with E-state index in [2.05, 4.69) is 36.9 Å². The first-order chi connectivity index (χ1) is 9.58. The molecule has 2 aromatic rings. The molecule has 0 aliphatic heterocycles. The Morgan fingerprint density at radius 2 is 1.70 bits per heavy atom. The van der Waals surface area contributed by atoms with E-state index < -0.39 is 0 Å². The Balaban J connectivity index is 2.00. The van der Waals surface area contributed by atoms with Gasteiger partial charge in [-0.05, 0) is 46.3 Å². The largest absolute Gasteiger partial charge is 0.356 e. The van der Waals surface area contributed by atoms with Crippen molar-refractivity contribution < 1.29 is 9.59 Å². The Morgan fingerprint density at radius 1 is 1.10 bits per heavy atom. The fraction of sp³-hybridized carbons (Fsp3) is 0.0769. The van der Waals surface area contributed by atoms with Crippen molar-refractivity contribution in [2.24, 2.45) is 0 Å². The quantitative estimate of drug-likeness (QED) is 0.694. The third-order valence-electron chi connectivity index (χ3n) is 2.52. The van der Waals surface area contributed by atoms with Gasteiger partial charge in [-0.1, -0.05) is 0 Å². The van der Waals surface area contributed by atoms with E-state index in [1.54, 1.807) is 43.6 Å². The minimum atomic E-state index is -0.293. The van der Waals surface area contributed by atoms with Gasteiger partial charge < -0.3 is 20.9 Å². The maximum Gasteiger partial charge on any atom is 0.318 e. The van der Waals surface area contributed by atoms with Crippen LogP contribution in [0.2, 0.25) is 0 Å². The monoisotopic (exact) mass is 336 g/mol. The van der Waals surface area contributed by atoms with E-state index in [4.69, 9.17) is 0 Å². The van der Waals surface area contributed by atoms with Gasteiger partial charge >= 0.3 is 6.03 Å². The molecule has 0 spiro atoms. The van der Waals surface area contributed by atoms with E-state index in [-0.39, 0.29) is 11.9 Å². The van der Waals surface area contributed by atoms with Crippen LogP contribution in [0, 0.1) is 0 Å². The summed E-state index contributed by atoms with van der Waals surface area (Å²) < 4.78 is 0.813. The van der Waals surface area contributed by atoms with Crippen LogP contribution in [-0.4, -0.2) is 24.0 Å². The maximum atomic E-state index is 11.9. The number of hydrogen-bond donors (Lipinski definition) is 4. The second kappa shape index (κ2) is 6.25. The molecule has 0 atom stereocenters. The van der Waals surface area contributed by atoms with Gasteiger partial charge in [0.2, 0.25) is 0 Å². The fourth-order valence-corrected chi connectivity index (χ4v) is 1.87. The molecule has 3 amide bonds. The van der Waals surface area contributed by atoms with Crippen LogP contribution >= 0.6 is 15.9 Å². The van der Waals surface area contributed by atoms with Gasteiger partial charge in [-0.15, -0.1) is 0 Å². The van der Waals surface area contributed by atoms with Crippen LogP contribution in [0.5, 0.6) is 0 Å². The minimum Gasteiger partial charge on any atom is -0.356 e. The van der Waals surface area contributed by atoms with Crippen LogP contribution in [0.15, 0.2) is 41.0 Å². The van der Waals surface area contributed by atoms with E-state index in [0.717, 1.165) is 4.47 Å². The summed E-state index contributed by atoms with van der Waals surface area (Å²) in [6.45, 7) is 0. The van der Waals surface area contributed by atoms with E-state index in [9.17, 15) is 9.59 Å². The number of aromatic nitrogens is 1. The van der Waals surface area contributed by atoms with Crippen molar-refractivity contribution in [1.29, 1.82) is 0 Å². The van der Waals surface area contributed by atoms with Crippen LogP contribution in [0.3, 0.4) is 0 Å². The first-order valence-corrected chi connectivity index (χ1v) is 6.62. The number of halogens is 1. The second-order valence-corrected chi connectivity index (χ2v) is 4.88. The fourth-order valence-electron chi connectivity index (χ4n) is 1.53. The van der Waals surface area contributed by atoms with Gasteiger partial charge in [-0.25, -0.2) is 4.79 Å². The standard InChI is InChI=1S/C13H13BrN4O2/c1-15-13(20)18-10-4-2-9(3-5-10)17-12(19)11-6-8(14)7-16-11/h2-7,16H,1H3,(H,17,19)(H2,15,18,20).